The first-order valence-electron chi connectivity index (χ1n) is 9.51. The first-order valence-corrected chi connectivity index (χ1v) is 11.1. The molecule has 32 heavy (non-hydrogen) atoms. The molecule has 166 valence electrons. The van der Waals surface area contributed by atoms with E-state index in [0.29, 0.717) is 38.2 Å². The van der Waals surface area contributed by atoms with E-state index in [-0.39, 0.29) is 12.5 Å². The fourth-order valence-corrected chi connectivity index (χ4v) is 3.58. The number of rotatable bonds is 9. The zero-order valence-corrected chi connectivity index (χ0v) is 20.2. The average molecular weight is 537 g/mol. The molecule has 0 aliphatic rings. The minimum absolute atomic E-state index is 0.0702. The molecule has 9 heteroatoms. The molecule has 0 heterocycles. The summed E-state index contributed by atoms with van der Waals surface area (Å²) in [7, 11) is 1.55. The number of anilines is 1. The van der Waals surface area contributed by atoms with Gasteiger partial charge >= 0.3 is 0 Å². The van der Waals surface area contributed by atoms with Gasteiger partial charge in [0, 0.05) is 21.3 Å². The lowest BCUT2D eigenvalue weighted by molar-refractivity contribution is -0.119. The number of nitrogens with zero attached hydrogens (tertiary/aromatic N) is 1. The third-order valence-corrected chi connectivity index (χ3v) is 5.49. The van der Waals surface area contributed by atoms with E-state index in [4.69, 9.17) is 32.7 Å². The van der Waals surface area contributed by atoms with Crippen molar-refractivity contribution in [3.8, 4) is 11.5 Å². The Morgan fingerprint density at radius 3 is 2.59 bits per heavy atom. The second kappa shape index (κ2) is 11.8. The van der Waals surface area contributed by atoms with E-state index in [0.717, 1.165) is 11.3 Å². The molecule has 3 aromatic carbocycles. The fourth-order valence-electron chi connectivity index (χ4n) is 2.69. The van der Waals surface area contributed by atoms with E-state index in [9.17, 15) is 4.79 Å². The van der Waals surface area contributed by atoms with Crippen molar-refractivity contribution in [3.63, 3.8) is 0 Å². The highest BCUT2D eigenvalue weighted by atomic mass is 79.9. The number of nitrogens with one attached hydrogen (secondary N) is 2. The highest BCUT2D eigenvalue weighted by molar-refractivity contribution is 9.10. The van der Waals surface area contributed by atoms with Crippen LogP contribution in [0, 0.1) is 0 Å². The summed E-state index contributed by atoms with van der Waals surface area (Å²) < 4.78 is 12.1. The van der Waals surface area contributed by atoms with Crippen LogP contribution in [0.15, 0.2) is 70.2 Å². The topological polar surface area (TPSA) is 72.0 Å². The summed E-state index contributed by atoms with van der Waals surface area (Å²) in [6.07, 6.45) is 1.52. The number of benzene rings is 3. The number of carbonyl (C=O) groups excluding carboxylic acids is 1. The second-order valence-electron chi connectivity index (χ2n) is 6.57. The molecule has 0 spiro atoms. The van der Waals surface area contributed by atoms with E-state index in [1.807, 2.05) is 30.3 Å². The minimum Gasteiger partial charge on any atom is -0.493 e. The van der Waals surface area contributed by atoms with Crippen molar-refractivity contribution in [2.24, 2.45) is 5.10 Å². The summed E-state index contributed by atoms with van der Waals surface area (Å²) in [6.45, 7) is 0.361. The highest BCUT2D eigenvalue weighted by Crippen LogP contribution is 2.37. The molecule has 0 radical (unpaired) electrons. The van der Waals surface area contributed by atoms with Crippen molar-refractivity contribution in [1.82, 2.24) is 5.43 Å². The van der Waals surface area contributed by atoms with Crippen molar-refractivity contribution in [2.75, 3.05) is 19.0 Å². The highest BCUT2D eigenvalue weighted by Gasteiger charge is 2.12. The van der Waals surface area contributed by atoms with Gasteiger partial charge in [0.05, 0.1) is 24.3 Å². The van der Waals surface area contributed by atoms with Gasteiger partial charge in [0.15, 0.2) is 11.5 Å². The van der Waals surface area contributed by atoms with Gasteiger partial charge in [-0.3, -0.25) is 4.79 Å². The van der Waals surface area contributed by atoms with Crippen LogP contribution in [0.5, 0.6) is 11.5 Å². The molecule has 0 aromatic heterocycles. The van der Waals surface area contributed by atoms with Crippen molar-refractivity contribution >= 4 is 56.9 Å². The van der Waals surface area contributed by atoms with E-state index < -0.39 is 0 Å². The Hall–Kier alpha value is -2.74. The van der Waals surface area contributed by atoms with Crippen LogP contribution in [0.3, 0.4) is 0 Å². The van der Waals surface area contributed by atoms with Gasteiger partial charge < -0.3 is 14.8 Å². The van der Waals surface area contributed by atoms with Gasteiger partial charge in [-0.1, -0.05) is 41.4 Å². The predicted molar refractivity (Wildman–Crippen MR) is 132 cm³/mol. The first kappa shape index (κ1) is 23.9. The van der Waals surface area contributed by atoms with Crippen LogP contribution in [0.4, 0.5) is 5.69 Å². The Morgan fingerprint density at radius 2 is 1.88 bits per heavy atom. The number of hydrazone groups is 1. The fraction of sp³-hybridized carbons (Fsp3) is 0.130. The molecule has 0 aliphatic carbocycles. The van der Waals surface area contributed by atoms with Crippen molar-refractivity contribution in [3.05, 3.63) is 86.3 Å². The third-order valence-electron chi connectivity index (χ3n) is 4.28. The van der Waals surface area contributed by atoms with E-state index in [1.54, 1.807) is 37.4 Å². The maximum absolute atomic E-state index is 12.0. The van der Waals surface area contributed by atoms with E-state index >= 15 is 0 Å². The van der Waals surface area contributed by atoms with Gasteiger partial charge in [-0.05, 0) is 64.0 Å². The molecule has 0 aliphatic heterocycles. The second-order valence-corrected chi connectivity index (χ2v) is 8.27. The smallest absolute Gasteiger partial charge is 0.259 e. The third kappa shape index (κ3) is 6.88. The van der Waals surface area contributed by atoms with Crippen LogP contribution in [-0.4, -0.2) is 25.8 Å². The molecule has 2 N–H and O–H groups in total. The monoisotopic (exact) mass is 535 g/mol. The van der Waals surface area contributed by atoms with Crippen LogP contribution in [0.1, 0.15) is 11.1 Å². The lowest BCUT2D eigenvalue weighted by atomic mass is 10.2. The molecular weight excluding hydrogens is 517 g/mol. The first-order chi connectivity index (χ1) is 15.5. The number of methoxy groups -OCH3 is 1. The Bertz CT molecular complexity index is 1110. The molecule has 0 unspecified atom stereocenters. The lowest BCUT2D eigenvalue weighted by Gasteiger charge is -2.14. The number of ether oxygens (including phenoxy) is 2. The standard InChI is InChI=1S/C23H20BrCl2N3O3/c1-31-21-11-15(10-19(24)23(21)32-14-16-4-2-3-5-20(16)26)12-28-29-22(30)13-27-18-8-6-17(25)7-9-18/h2-12,27H,13-14H2,1H3,(H,29,30)/b28-12-. The van der Waals surface area contributed by atoms with Crippen LogP contribution in [0.2, 0.25) is 10.0 Å². The van der Waals surface area contributed by atoms with Crippen molar-refractivity contribution in [2.45, 2.75) is 6.61 Å². The normalized spacial score (nSPS) is 10.8. The molecule has 0 saturated carbocycles. The predicted octanol–water partition coefficient (Wildman–Crippen LogP) is 5.91. The number of hydrogen-bond donors (Lipinski definition) is 2. The van der Waals surface area contributed by atoms with E-state index in [1.165, 1.54) is 6.21 Å². The van der Waals surface area contributed by atoms with Gasteiger partial charge in [0.25, 0.3) is 5.91 Å². The lowest BCUT2D eigenvalue weighted by Crippen LogP contribution is -2.25. The van der Waals surface area contributed by atoms with Gasteiger partial charge in [-0.15, -0.1) is 0 Å². The summed E-state index contributed by atoms with van der Waals surface area (Å²) in [5.41, 5.74) is 4.84. The zero-order chi connectivity index (χ0) is 22.9. The maximum atomic E-state index is 12.0. The minimum atomic E-state index is -0.290. The number of halogens is 3. The van der Waals surface area contributed by atoms with Gasteiger partial charge in [0.2, 0.25) is 0 Å². The molecular formula is C23H20BrCl2N3O3. The van der Waals surface area contributed by atoms with Crippen LogP contribution >= 0.6 is 39.1 Å². The zero-order valence-electron chi connectivity index (χ0n) is 17.1. The molecule has 0 atom stereocenters. The molecule has 1 amide bonds. The summed E-state index contributed by atoms with van der Waals surface area (Å²) in [6, 6.07) is 18.1. The quantitative estimate of drug-likeness (QED) is 0.263. The molecule has 6 nitrogen and oxygen atoms in total. The molecule has 0 fully saturated rings. The Kier molecular flexibility index (Phi) is 8.79. The van der Waals surface area contributed by atoms with Crippen molar-refractivity contribution < 1.29 is 14.3 Å². The SMILES string of the molecule is COc1cc(/C=N\NC(=O)CNc2ccc(Cl)cc2)cc(Br)c1OCc1ccccc1Cl. The number of carbonyl (C=O) groups is 1. The van der Waals surface area contributed by atoms with Gasteiger partial charge in [0.1, 0.15) is 6.61 Å². The number of hydrogen-bond acceptors (Lipinski definition) is 5. The van der Waals surface area contributed by atoms with Crippen LogP contribution in [0.25, 0.3) is 0 Å². The number of amides is 1. The van der Waals surface area contributed by atoms with Gasteiger partial charge in [-0.25, -0.2) is 5.43 Å². The van der Waals surface area contributed by atoms with Gasteiger partial charge in [-0.2, -0.15) is 5.10 Å². The van der Waals surface area contributed by atoms with Crippen LogP contribution in [-0.2, 0) is 11.4 Å². The van der Waals surface area contributed by atoms with E-state index in [2.05, 4.69) is 31.8 Å². The van der Waals surface area contributed by atoms with Crippen molar-refractivity contribution in [1.29, 1.82) is 0 Å². The largest absolute Gasteiger partial charge is 0.493 e. The average Bonchev–Trinajstić information content (AvgIpc) is 2.78. The summed E-state index contributed by atoms with van der Waals surface area (Å²) in [5, 5.41) is 8.25. The Morgan fingerprint density at radius 1 is 1.12 bits per heavy atom. The Balaban J connectivity index is 1.58. The summed E-state index contributed by atoms with van der Waals surface area (Å²) in [4.78, 5) is 12.0. The van der Waals surface area contributed by atoms with Crippen LogP contribution < -0.4 is 20.2 Å². The summed E-state index contributed by atoms with van der Waals surface area (Å²) in [5.74, 6) is 0.770. The summed E-state index contributed by atoms with van der Waals surface area (Å²) >= 11 is 15.5. The molecule has 0 saturated heterocycles. The molecule has 3 rings (SSSR count). The molecule has 0 bridgehead atoms. The maximum Gasteiger partial charge on any atom is 0.259 e. The molecule has 3 aromatic rings. The Labute approximate surface area is 204 Å².